The van der Waals surface area contributed by atoms with E-state index in [0.717, 1.165) is 25.7 Å². The van der Waals surface area contributed by atoms with Gasteiger partial charge in [0.1, 0.15) is 42.3 Å². The zero-order valence-electron chi connectivity index (χ0n) is 37.5. The summed E-state index contributed by atoms with van der Waals surface area (Å²) < 4.78 is 0. The van der Waals surface area contributed by atoms with Gasteiger partial charge in [0.25, 0.3) is 0 Å². The van der Waals surface area contributed by atoms with E-state index in [4.69, 9.17) is 0 Å². The molecule has 6 N–H and O–H groups in total. The first-order valence-electron chi connectivity index (χ1n) is 22.2. The van der Waals surface area contributed by atoms with Crippen LogP contribution < -0.4 is 26.6 Å². The van der Waals surface area contributed by atoms with Crippen molar-refractivity contribution in [3.05, 3.63) is 0 Å². The molecule has 0 bridgehead atoms. The second kappa shape index (κ2) is 23.6. The summed E-state index contributed by atoms with van der Waals surface area (Å²) in [5, 5.41) is 24.2. The SMILES string of the molecule is CC[C@H](C)[C@H](NC(=O)[C@@H]1CCCN1C(=O)[C@H](CC(C)C)NC(C)=O)C(=O)N[C@@H](CO)C(=O)N[C@@H](CC1CCCC1)C(=O)N1CCC[C@H]1C(=O)N[C@@H](CC(C)C)C(=O)N(C)C. The highest BCUT2D eigenvalue weighted by atomic mass is 16.3. The average Bonchev–Trinajstić information content (AvgIpc) is 3.99. The fourth-order valence-electron chi connectivity index (χ4n) is 8.70. The normalized spacial score (nSPS) is 21.1. The summed E-state index contributed by atoms with van der Waals surface area (Å²) in [5.74, 6) is -3.89. The van der Waals surface area contributed by atoms with Crippen LogP contribution >= 0.6 is 0 Å². The molecular formula is C43H74N8O9. The highest BCUT2D eigenvalue weighted by Gasteiger charge is 2.42. The molecule has 1 aliphatic carbocycles. The lowest BCUT2D eigenvalue weighted by atomic mass is 9.96. The van der Waals surface area contributed by atoms with Crippen LogP contribution in [0.1, 0.15) is 126 Å². The maximum absolute atomic E-state index is 14.3. The van der Waals surface area contributed by atoms with Crippen LogP contribution in [0.25, 0.3) is 0 Å². The van der Waals surface area contributed by atoms with Crippen LogP contribution in [-0.2, 0) is 38.4 Å². The minimum absolute atomic E-state index is 0.101. The lowest BCUT2D eigenvalue weighted by Gasteiger charge is -2.32. The first kappa shape index (κ1) is 50.1. The quantitative estimate of drug-likeness (QED) is 0.0975. The Bertz CT molecular complexity index is 1520. The third kappa shape index (κ3) is 14.2. The van der Waals surface area contributed by atoms with Crippen LogP contribution in [0.5, 0.6) is 0 Å². The average molecular weight is 847 g/mol. The smallest absolute Gasteiger partial charge is 0.245 e. The molecule has 0 aromatic rings. The third-order valence-corrected chi connectivity index (χ3v) is 12.1. The molecule has 2 saturated heterocycles. The van der Waals surface area contributed by atoms with E-state index in [1.54, 1.807) is 21.0 Å². The number of carbonyl (C=O) groups is 8. The van der Waals surface area contributed by atoms with Crippen LogP contribution in [0, 0.1) is 23.7 Å². The van der Waals surface area contributed by atoms with Gasteiger partial charge >= 0.3 is 0 Å². The highest BCUT2D eigenvalue weighted by Crippen LogP contribution is 2.30. The first-order chi connectivity index (χ1) is 28.3. The summed E-state index contributed by atoms with van der Waals surface area (Å²) in [5.41, 5.74) is 0. The third-order valence-electron chi connectivity index (χ3n) is 12.1. The van der Waals surface area contributed by atoms with Crippen LogP contribution in [0.15, 0.2) is 0 Å². The molecule has 60 heavy (non-hydrogen) atoms. The van der Waals surface area contributed by atoms with Crippen molar-refractivity contribution in [3.8, 4) is 0 Å². The van der Waals surface area contributed by atoms with E-state index >= 15 is 0 Å². The number of amides is 8. The number of aliphatic hydroxyl groups is 1. The predicted molar refractivity (Wildman–Crippen MR) is 226 cm³/mol. The van der Waals surface area contributed by atoms with Crippen LogP contribution in [0.4, 0.5) is 0 Å². The number of nitrogens with zero attached hydrogens (tertiary/aromatic N) is 3. The number of rotatable bonds is 21. The number of hydrogen-bond donors (Lipinski definition) is 6. The summed E-state index contributed by atoms with van der Waals surface area (Å²) in [6, 6.07) is -6.89. The summed E-state index contributed by atoms with van der Waals surface area (Å²) in [7, 11) is 3.25. The van der Waals surface area contributed by atoms with E-state index < -0.39 is 84.4 Å². The predicted octanol–water partition coefficient (Wildman–Crippen LogP) is 1.21. The van der Waals surface area contributed by atoms with Gasteiger partial charge in [-0.05, 0) is 68.6 Å². The second-order valence-corrected chi connectivity index (χ2v) is 18.2. The van der Waals surface area contributed by atoms with E-state index in [1.165, 1.54) is 21.6 Å². The largest absolute Gasteiger partial charge is 0.394 e. The molecule has 3 fully saturated rings. The summed E-state index contributed by atoms with van der Waals surface area (Å²) >= 11 is 0. The maximum Gasteiger partial charge on any atom is 0.245 e. The molecule has 17 heteroatoms. The second-order valence-electron chi connectivity index (χ2n) is 18.2. The first-order valence-corrected chi connectivity index (χ1v) is 22.2. The number of aliphatic hydroxyl groups excluding tert-OH is 1. The molecule has 2 aliphatic heterocycles. The van der Waals surface area contributed by atoms with Gasteiger partial charge in [0.2, 0.25) is 47.3 Å². The summed E-state index contributed by atoms with van der Waals surface area (Å²) in [6.07, 6.45) is 7.22. The van der Waals surface area contributed by atoms with Crippen LogP contribution in [0.3, 0.4) is 0 Å². The highest BCUT2D eigenvalue weighted by molar-refractivity contribution is 5.98. The van der Waals surface area contributed by atoms with Crippen molar-refractivity contribution in [1.29, 1.82) is 0 Å². The Balaban J connectivity index is 1.77. The van der Waals surface area contributed by atoms with E-state index in [9.17, 15) is 43.5 Å². The Labute approximate surface area is 356 Å². The van der Waals surface area contributed by atoms with Gasteiger partial charge in [-0.2, -0.15) is 0 Å². The molecule has 0 aromatic carbocycles. The molecule has 340 valence electrons. The van der Waals surface area contributed by atoms with Gasteiger partial charge in [0.05, 0.1) is 6.61 Å². The van der Waals surface area contributed by atoms with Gasteiger partial charge < -0.3 is 46.4 Å². The zero-order valence-corrected chi connectivity index (χ0v) is 37.5. The molecule has 0 radical (unpaired) electrons. The fraction of sp³-hybridized carbons (Fsp3) is 0.814. The molecular weight excluding hydrogens is 773 g/mol. The number of carbonyl (C=O) groups excluding carboxylic acids is 8. The van der Waals surface area contributed by atoms with Crippen LogP contribution in [0.2, 0.25) is 0 Å². The van der Waals surface area contributed by atoms with Crippen molar-refractivity contribution >= 4 is 47.3 Å². The number of likely N-dealkylation sites (N-methyl/N-ethyl adjacent to an activating group) is 1. The van der Waals surface area contributed by atoms with Crippen molar-refractivity contribution in [3.63, 3.8) is 0 Å². The van der Waals surface area contributed by atoms with E-state index in [1.807, 2.05) is 34.6 Å². The Morgan fingerprint density at radius 2 is 1.13 bits per heavy atom. The van der Waals surface area contributed by atoms with E-state index in [0.29, 0.717) is 57.9 Å². The van der Waals surface area contributed by atoms with E-state index in [2.05, 4.69) is 26.6 Å². The van der Waals surface area contributed by atoms with Gasteiger partial charge in [0, 0.05) is 34.1 Å². The molecule has 2 heterocycles. The number of likely N-dealkylation sites (tertiary alicyclic amines) is 2. The van der Waals surface area contributed by atoms with Crippen molar-refractivity contribution in [2.45, 2.75) is 168 Å². The van der Waals surface area contributed by atoms with Gasteiger partial charge in [0.15, 0.2) is 0 Å². The standard InChI is InChI=1S/C43H74N8O9/c1-10-27(6)36(48-39(56)35-18-14-20-51(35)42(59)31(22-26(4)5)44-28(7)53)40(57)47-33(24-52)37(54)45-32(23-29-15-11-12-16-29)43(60)50-19-13-17-34(50)38(55)46-30(21-25(2)3)41(58)49(8)9/h25-27,29-36,52H,10-24H2,1-9H3,(H,44,53)(H,45,54)(H,46,55)(H,47,57)(H,48,56)/t27-,30-,31-,32-,33-,34-,35-,36-/m0/s1. The van der Waals surface area contributed by atoms with Gasteiger partial charge in [-0.15, -0.1) is 0 Å². The molecule has 3 rings (SSSR count). The minimum Gasteiger partial charge on any atom is -0.394 e. The van der Waals surface area contributed by atoms with Gasteiger partial charge in [-0.1, -0.05) is 73.6 Å². The summed E-state index contributed by atoms with van der Waals surface area (Å²) in [6.45, 7) is 12.6. The van der Waals surface area contributed by atoms with Crippen molar-refractivity contribution in [1.82, 2.24) is 41.3 Å². The van der Waals surface area contributed by atoms with Gasteiger partial charge in [-0.3, -0.25) is 38.4 Å². The lowest BCUT2D eigenvalue weighted by molar-refractivity contribution is -0.143. The molecule has 0 unspecified atom stereocenters. The zero-order chi connectivity index (χ0) is 44.8. The Morgan fingerprint density at radius 1 is 0.633 bits per heavy atom. The monoisotopic (exact) mass is 847 g/mol. The summed E-state index contributed by atoms with van der Waals surface area (Å²) in [4.78, 5) is 113. The molecule has 8 amide bonds. The molecule has 0 aromatic heterocycles. The Morgan fingerprint density at radius 3 is 1.62 bits per heavy atom. The topological polar surface area (TPSA) is 227 Å². The maximum atomic E-state index is 14.3. The molecule has 1 saturated carbocycles. The lowest BCUT2D eigenvalue weighted by Crippen LogP contribution is -2.61. The van der Waals surface area contributed by atoms with Crippen molar-refractivity contribution in [2.75, 3.05) is 33.8 Å². The van der Waals surface area contributed by atoms with Crippen molar-refractivity contribution < 1.29 is 43.5 Å². The van der Waals surface area contributed by atoms with Crippen molar-refractivity contribution in [2.24, 2.45) is 23.7 Å². The van der Waals surface area contributed by atoms with E-state index in [-0.39, 0.29) is 42.0 Å². The number of nitrogens with one attached hydrogen (secondary N) is 5. The molecule has 0 spiro atoms. The Kier molecular flexibility index (Phi) is 19.7. The molecule has 17 nitrogen and oxygen atoms in total. The fourth-order valence-corrected chi connectivity index (χ4v) is 8.70. The minimum atomic E-state index is -1.47. The Hall–Kier alpha value is -4.28. The van der Waals surface area contributed by atoms with Crippen LogP contribution in [-0.4, -0.2) is 143 Å². The number of hydrogen-bond acceptors (Lipinski definition) is 9. The molecule has 8 atom stereocenters. The molecule has 3 aliphatic rings. The van der Waals surface area contributed by atoms with Gasteiger partial charge in [-0.25, -0.2) is 0 Å².